The lowest BCUT2D eigenvalue weighted by atomic mass is 10.2. The molecule has 0 aliphatic heterocycles. The van der Waals surface area contributed by atoms with E-state index < -0.39 is 5.91 Å². The van der Waals surface area contributed by atoms with Crippen molar-refractivity contribution in [3.8, 4) is 11.8 Å². The monoisotopic (exact) mass is 429 g/mol. The van der Waals surface area contributed by atoms with Crippen molar-refractivity contribution in [3.05, 3.63) is 71.4 Å². The van der Waals surface area contributed by atoms with E-state index in [0.29, 0.717) is 36.0 Å². The first-order chi connectivity index (χ1) is 15.6. The highest BCUT2D eigenvalue weighted by atomic mass is 16.1. The molecule has 0 aliphatic carbocycles. The lowest BCUT2D eigenvalue weighted by Crippen LogP contribution is -2.12. The van der Waals surface area contributed by atoms with Gasteiger partial charge in [-0.25, -0.2) is 4.98 Å². The van der Waals surface area contributed by atoms with Crippen molar-refractivity contribution < 1.29 is 4.79 Å². The Morgan fingerprint density at radius 2 is 1.84 bits per heavy atom. The third-order valence-corrected chi connectivity index (χ3v) is 4.43. The fourth-order valence-electron chi connectivity index (χ4n) is 2.82. The molecular formula is C24H27N7O. The first-order valence-electron chi connectivity index (χ1n) is 10.4. The summed E-state index contributed by atoms with van der Waals surface area (Å²) in [5.41, 5.74) is 14.6. The Bertz CT molecular complexity index is 1120. The van der Waals surface area contributed by atoms with Crippen LogP contribution >= 0.6 is 0 Å². The molecule has 0 spiro atoms. The van der Waals surface area contributed by atoms with Gasteiger partial charge in [0.1, 0.15) is 5.82 Å². The van der Waals surface area contributed by atoms with Crippen LogP contribution in [-0.4, -0.2) is 35.5 Å². The van der Waals surface area contributed by atoms with Crippen LogP contribution in [0.1, 0.15) is 34.8 Å². The predicted octanol–water partition coefficient (Wildman–Crippen LogP) is 2.91. The summed E-state index contributed by atoms with van der Waals surface area (Å²) in [6.07, 6.45) is 2.64. The molecule has 1 aromatic heterocycles. The van der Waals surface area contributed by atoms with Gasteiger partial charge in [-0.1, -0.05) is 24.8 Å². The Morgan fingerprint density at radius 3 is 2.56 bits per heavy atom. The molecule has 8 nitrogen and oxygen atoms in total. The minimum atomic E-state index is -0.470. The third kappa shape index (κ3) is 6.45. The second-order valence-corrected chi connectivity index (χ2v) is 7.00. The van der Waals surface area contributed by atoms with E-state index in [-0.39, 0.29) is 0 Å². The predicted molar refractivity (Wildman–Crippen MR) is 129 cm³/mol. The molecule has 32 heavy (non-hydrogen) atoms. The zero-order valence-corrected chi connectivity index (χ0v) is 18.0. The number of anilines is 4. The summed E-state index contributed by atoms with van der Waals surface area (Å²) in [5.74, 6) is 6.95. The number of nitrogens with two attached hydrogens (primary N) is 2. The normalized spacial score (nSPS) is 10.1. The zero-order chi connectivity index (χ0) is 22.8. The number of rotatable bonds is 9. The number of carbonyl (C=O) groups is 1. The summed E-state index contributed by atoms with van der Waals surface area (Å²) in [6, 6.07) is 14.7. The minimum absolute atomic E-state index is 0.425. The van der Waals surface area contributed by atoms with Crippen LogP contribution in [-0.2, 0) is 0 Å². The van der Waals surface area contributed by atoms with Crippen molar-refractivity contribution in [2.24, 2.45) is 11.5 Å². The van der Waals surface area contributed by atoms with Crippen LogP contribution in [0.3, 0.4) is 0 Å². The van der Waals surface area contributed by atoms with Gasteiger partial charge in [0.05, 0.1) is 11.8 Å². The number of amides is 1. The Balaban J connectivity index is 1.81. The molecule has 0 saturated heterocycles. The summed E-state index contributed by atoms with van der Waals surface area (Å²) in [4.78, 5) is 20.2. The van der Waals surface area contributed by atoms with E-state index in [2.05, 4.69) is 44.7 Å². The minimum Gasteiger partial charge on any atom is -0.384 e. The number of nitrogens with zero attached hydrogens (tertiary/aromatic N) is 2. The molecule has 0 aliphatic rings. The van der Waals surface area contributed by atoms with Gasteiger partial charge < -0.3 is 27.4 Å². The molecule has 0 fully saturated rings. The largest absolute Gasteiger partial charge is 0.384 e. The van der Waals surface area contributed by atoms with E-state index in [4.69, 9.17) is 11.5 Å². The van der Waals surface area contributed by atoms with Gasteiger partial charge in [-0.05, 0) is 48.9 Å². The van der Waals surface area contributed by atoms with Crippen LogP contribution in [0.15, 0.2) is 54.7 Å². The van der Waals surface area contributed by atoms with E-state index in [0.717, 1.165) is 29.9 Å². The molecule has 164 valence electrons. The van der Waals surface area contributed by atoms with Gasteiger partial charge >= 0.3 is 0 Å². The number of primary amides is 1. The van der Waals surface area contributed by atoms with Crippen molar-refractivity contribution in [1.82, 2.24) is 9.97 Å². The smallest absolute Gasteiger partial charge is 0.248 e. The van der Waals surface area contributed by atoms with Crippen molar-refractivity contribution in [1.29, 1.82) is 0 Å². The average molecular weight is 430 g/mol. The van der Waals surface area contributed by atoms with Gasteiger partial charge in [0.15, 0.2) is 0 Å². The highest BCUT2D eigenvalue weighted by molar-refractivity contribution is 5.93. The lowest BCUT2D eigenvalue weighted by molar-refractivity contribution is 0.100. The highest BCUT2D eigenvalue weighted by Gasteiger charge is 2.07. The van der Waals surface area contributed by atoms with Gasteiger partial charge in [0, 0.05) is 42.1 Å². The summed E-state index contributed by atoms with van der Waals surface area (Å²) in [5, 5.41) is 9.69. The molecule has 0 unspecified atom stereocenters. The molecule has 3 aromatic rings. The molecule has 8 heteroatoms. The van der Waals surface area contributed by atoms with Gasteiger partial charge in [0.2, 0.25) is 11.9 Å². The fraction of sp³-hybridized carbons (Fsp3) is 0.208. The number of hydrogen-bond acceptors (Lipinski definition) is 7. The molecule has 2 aromatic carbocycles. The maximum absolute atomic E-state index is 11.2. The number of hydrogen-bond donors (Lipinski definition) is 5. The summed E-state index contributed by atoms with van der Waals surface area (Å²) in [6.45, 7) is 4.11. The van der Waals surface area contributed by atoms with Crippen LogP contribution < -0.4 is 27.4 Å². The van der Waals surface area contributed by atoms with Gasteiger partial charge in [-0.15, -0.1) is 0 Å². The second-order valence-electron chi connectivity index (χ2n) is 7.00. The molecule has 0 radical (unpaired) electrons. The SMILES string of the molecule is CCCNc1nc(Nc2ccc(C(N)=O)cc2)ncc1C#Cc1cccc(NCCN)c1. The van der Waals surface area contributed by atoms with E-state index in [1.807, 2.05) is 24.3 Å². The first-order valence-corrected chi connectivity index (χ1v) is 10.4. The van der Waals surface area contributed by atoms with Gasteiger partial charge in [0.25, 0.3) is 0 Å². The van der Waals surface area contributed by atoms with Gasteiger partial charge in [-0.2, -0.15) is 4.98 Å². The summed E-state index contributed by atoms with van der Waals surface area (Å²) < 4.78 is 0. The number of nitrogens with one attached hydrogen (secondary N) is 3. The standard InChI is InChI=1S/C24H27N7O/c1-2-13-28-23-19(7-6-17-4-3-5-21(15-17)27-14-12-25)16-29-24(31-23)30-20-10-8-18(9-11-20)22(26)32/h3-5,8-11,15-16,27H,2,12-14,25H2,1H3,(H2,26,32)(H2,28,29,30,31). The van der Waals surface area contributed by atoms with Crippen LogP contribution in [0.4, 0.5) is 23.1 Å². The highest BCUT2D eigenvalue weighted by Crippen LogP contribution is 2.18. The van der Waals surface area contributed by atoms with Crippen molar-refractivity contribution in [2.45, 2.75) is 13.3 Å². The van der Waals surface area contributed by atoms with Crippen LogP contribution in [0.25, 0.3) is 0 Å². The third-order valence-electron chi connectivity index (χ3n) is 4.43. The van der Waals surface area contributed by atoms with Crippen molar-refractivity contribution in [3.63, 3.8) is 0 Å². The fourth-order valence-corrected chi connectivity index (χ4v) is 2.82. The number of aromatic nitrogens is 2. The Kier molecular flexibility index (Phi) is 8.01. The van der Waals surface area contributed by atoms with E-state index >= 15 is 0 Å². The number of carbonyl (C=O) groups excluding carboxylic acids is 1. The van der Waals surface area contributed by atoms with Crippen molar-refractivity contribution in [2.75, 3.05) is 35.6 Å². The Morgan fingerprint density at radius 1 is 1.03 bits per heavy atom. The van der Waals surface area contributed by atoms with E-state index in [1.54, 1.807) is 30.5 Å². The molecule has 1 heterocycles. The molecule has 0 saturated carbocycles. The molecular weight excluding hydrogens is 402 g/mol. The Hall–Kier alpha value is -4.09. The maximum atomic E-state index is 11.2. The number of benzene rings is 2. The van der Waals surface area contributed by atoms with Crippen LogP contribution in [0.2, 0.25) is 0 Å². The second kappa shape index (κ2) is 11.3. The van der Waals surface area contributed by atoms with Crippen molar-refractivity contribution >= 4 is 29.0 Å². The summed E-state index contributed by atoms with van der Waals surface area (Å²) >= 11 is 0. The lowest BCUT2D eigenvalue weighted by Gasteiger charge is -2.10. The molecule has 1 amide bonds. The van der Waals surface area contributed by atoms with Crippen LogP contribution in [0.5, 0.6) is 0 Å². The first kappa shape index (κ1) is 22.6. The quantitative estimate of drug-likeness (QED) is 0.331. The maximum Gasteiger partial charge on any atom is 0.248 e. The average Bonchev–Trinajstić information content (AvgIpc) is 2.81. The van der Waals surface area contributed by atoms with E-state index in [1.165, 1.54) is 0 Å². The molecule has 3 rings (SSSR count). The molecule has 0 bridgehead atoms. The zero-order valence-electron chi connectivity index (χ0n) is 18.0. The molecule has 0 atom stereocenters. The van der Waals surface area contributed by atoms with Gasteiger partial charge in [-0.3, -0.25) is 4.79 Å². The molecule has 7 N–H and O–H groups in total. The topological polar surface area (TPSA) is 131 Å². The van der Waals surface area contributed by atoms with Crippen LogP contribution in [0, 0.1) is 11.8 Å². The van der Waals surface area contributed by atoms with E-state index in [9.17, 15) is 4.79 Å². The Labute approximate surface area is 187 Å². The summed E-state index contributed by atoms with van der Waals surface area (Å²) in [7, 11) is 0.